The van der Waals surface area contributed by atoms with Gasteiger partial charge in [-0.25, -0.2) is 8.42 Å². The first-order chi connectivity index (χ1) is 11.4. The van der Waals surface area contributed by atoms with E-state index < -0.39 is 9.84 Å². The van der Waals surface area contributed by atoms with E-state index in [1.165, 1.54) is 0 Å². The Morgan fingerprint density at radius 1 is 1.17 bits per heavy atom. The van der Waals surface area contributed by atoms with Gasteiger partial charge in [-0.15, -0.1) is 0 Å². The lowest BCUT2D eigenvalue weighted by molar-refractivity contribution is 0.407. The third-order valence-electron chi connectivity index (χ3n) is 4.72. The molecule has 0 spiro atoms. The molecule has 1 saturated heterocycles. The monoisotopic (exact) mass is 346 g/mol. The Kier molecular flexibility index (Phi) is 3.32. The fourth-order valence-electron chi connectivity index (χ4n) is 3.37. The lowest BCUT2D eigenvalue weighted by Gasteiger charge is -1.98. The molecular formula is C17H18N2O4S. The molecule has 24 heavy (non-hydrogen) atoms. The van der Waals surface area contributed by atoms with Crippen molar-refractivity contribution >= 4 is 20.8 Å². The van der Waals surface area contributed by atoms with Gasteiger partial charge in [0.05, 0.1) is 11.5 Å². The maximum absolute atomic E-state index is 11.6. The van der Waals surface area contributed by atoms with E-state index in [2.05, 4.69) is 16.2 Å². The third-order valence-corrected chi connectivity index (χ3v) is 6.48. The average Bonchev–Trinajstić information content (AvgIpc) is 3.20. The van der Waals surface area contributed by atoms with E-state index in [4.69, 9.17) is 8.94 Å². The zero-order valence-corrected chi connectivity index (χ0v) is 14.6. The van der Waals surface area contributed by atoms with Gasteiger partial charge in [-0.2, -0.15) is 4.98 Å². The Hall–Kier alpha value is -2.15. The molecule has 0 radical (unpaired) electrons. The predicted octanol–water partition coefficient (Wildman–Crippen LogP) is 3.31. The molecule has 1 aliphatic heterocycles. The van der Waals surface area contributed by atoms with Crippen molar-refractivity contribution in [2.75, 3.05) is 11.5 Å². The van der Waals surface area contributed by atoms with E-state index in [0.717, 1.165) is 27.7 Å². The minimum absolute atomic E-state index is 0.0866. The van der Waals surface area contributed by atoms with Gasteiger partial charge >= 0.3 is 0 Å². The highest BCUT2D eigenvalue weighted by atomic mass is 32.2. The van der Waals surface area contributed by atoms with Crippen LogP contribution in [0.3, 0.4) is 0 Å². The van der Waals surface area contributed by atoms with Crippen LogP contribution in [0, 0.1) is 20.8 Å². The second-order valence-corrected chi connectivity index (χ2v) is 8.75. The van der Waals surface area contributed by atoms with Crippen molar-refractivity contribution in [3.05, 3.63) is 34.6 Å². The summed E-state index contributed by atoms with van der Waals surface area (Å²) < 4.78 is 34.6. The van der Waals surface area contributed by atoms with Crippen LogP contribution in [-0.4, -0.2) is 30.1 Å². The number of nitrogens with zero attached hydrogens (tertiary/aromatic N) is 2. The van der Waals surface area contributed by atoms with Crippen molar-refractivity contribution in [1.29, 1.82) is 0 Å². The van der Waals surface area contributed by atoms with Gasteiger partial charge in [0.2, 0.25) is 0 Å². The molecule has 1 atom stereocenters. The number of hydrogen-bond acceptors (Lipinski definition) is 6. The van der Waals surface area contributed by atoms with Crippen LogP contribution in [0.15, 0.2) is 21.1 Å². The number of furan rings is 1. The molecule has 0 bridgehead atoms. The minimum Gasteiger partial charge on any atom is -0.450 e. The summed E-state index contributed by atoms with van der Waals surface area (Å²) in [5.41, 5.74) is 3.96. The van der Waals surface area contributed by atoms with Gasteiger partial charge in [-0.05, 0) is 38.3 Å². The number of benzene rings is 1. The average molecular weight is 346 g/mol. The van der Waals surface area contributed by atoms with Crippen LogP contribution in [0.2, 0.25) is 0 Å². The number of fused-ring (bicyclic) bond motifs is 1. The van der Waals surface area contributed by atoms with Crippen LogP contribution < -0.4 is 0 Å². The molecule has 126 valence electrons. The molecule has 7 heteroatoms. The summed E-state index contributed by atoms with van der Waals surface area (Å²) >= 11 is 0. The molecule has 0 amide bonds. The predicted molar refractivity (Wildman–Crippen MR) is 89.7 cm³/mol. The van der Waals surface area contributed by atoms with Crippen molar-refractivity contribution in [3.63, 3.8) is 0 Å². The molecule has 0 aliphatic carbocycles. The van der Waals surface area contributed by atoms with Gasteiger partial charge in [0.25, 0.3) is 5.89 Å². The second-order valence-electron chi connectivity index (χ2n) is 6.52. The summed E-state index contributed by atoms with van der Waals surface area (Å²) in [5.74, 6) is 1.39. The smallest absolute Gasteiger partial charge is 0.293 e. The van der Waals surface area contributed by atoms with E-state index in [9.17, 15) is 8.42 Å². The maximum Gasteiger partial charge on any atom is 0.293 e. The topological polar surface area (TPSA) is 86.2 Å². The van der Waals surface area contributed by atoms with E-state index in [1.54, 1.807) is 0 Å². The van der Waals surface area contributed by atoms with Gasteiger partial charge in [-0.3, -0.25) is 0 Å². The number of rotatable bonds is 2. The lowest BCUT2D eigenvalue weighted by Crippen LogP contribution is -2.05. The zero-order valence-electron chi connectivity index (χ0n) is 13.8. The summed E-state index contributed by atoms with van der Waals surface area (Å²) in [6.45, 7) is 6.01. The van der Waals surface area contributed by atoms with Crippen LogP contribution in [0.4, 0.5) is 0 Å². The number of hydrogen-bond donors (Lipinski definition) is 0. The summed E-state index contributed by atoms with van der Waals surface area (Å²) in [6.07, 6.45) is 0.540. The molecule has 1 unspecified atom stereocenters. The molecule has 1 aliphatic rings. The summed E-state index contributed by atoms with van der Waals surface area (Å²) in [6, 6.07) is 4.08. The summed E-state index contributed by atoms with van der Waals surface area (Å²) in [5, 5.41) is 5.05. The van der Waals surface area contributed by atoms with E-state index in [-0.39, 0.29) is 17.4 Å². The number of aromatic nitrogens is 2. The fraction of sp³-hybridized carbons (Fsp3) is 0.412. The zero-order chi connectivity index (χ0) is 17.1. The van der Waals surface area contributed by atoms with Gasteiger partial charge < -0.3 is 8.94 Å². The van der Waals surface area contributed by atoms with Gasteiger partial charge in [0, 0.05) is 16.9 Å². The number of aryl methyl sites for hydroxylation is 3. The van der Waals surface area contributed by atoms with E-state index >= 15 is 0 Å². The van der Waals surface area contributed by atoms with Gasteiger partial charge in [0.1, 0.15) is 5.58 Å². The van der Waals surface area contributed by atoms with Crippen LogP contribution in [-0.2, 0) is 9.84 Å². The van der Waals surface area contributed by atoms with Crippen molar-refractivity contribution in [3.8, 4) is 11.7 Å². The lowest BCUT2D eigenvalue weighted by atomic mass is 10.0. The molecule has 0 N–H and O–H groups in total. The van der Waals surface area contributed by atoms with Crippen molar-refractivity contribution < 1.29 is 17.4 Å². The molecule has 4 rings (SSSR count). The van der Waals surface area contributed by atoms with Crippen LogP contribution in [0.1, 0.15) is 34.9 Å². The fourth-order valence-corrected chi connectivity index (χ4v) is 5.11. The first-order valence-electron chi connectivity index (χ1n) is 7.89. The van der Waals surface area contributed by atoms with Gasteiger partial charge in [-0.1, -0.05) is 17.3 Å². The molecular weight excluding hydrogens is 328 g/mol. The molecule has 6 nitrogen and oxygen atoms in total. The largest absolute Gasteiger partial charge is 0.450 e. The van der Waals surface area contributed by atoms with Crippen LogP contribution in [0.25, 0.3) is 22.6 Å². The normalized spacial score (nSPS) is 20.0. The van der Waals surface area contributed by atoms with Gasteiger partial charge in [0.15, 0.2) is 21.4 Å². The molecule has 3 heterocycles. The van der Waals surface area contributed by atoms with Crippen molar-refractivity contribution in [2.45, 2.75) is 33.1 Å². The molecule has 3 aromatic rings. The summed E-state index contributed by atoms with van der Waals surface area (Å²) in [4.78, 5) is 4.41. The Bertz CT molecular complexity index is 1050. The highest BCUT2D eigenvalue weighted by Crippen LogP contribution is 2.36. The van der Waals surface area contributed by atoms with Crippen molar-refractivity contribution in [2.24, 2.45) is 0 Å². The molecule has 0 saturated carbocycles. The SMILES string of the molecule is Cc1ccc(C)c2c(C)c(-c3nc(C4CCS(=O)(=O)C4)no3)oc12. The summed E-state index contributed by atoms with van der Waals surface area (Å²) in [7, 11) is -2.98. The molecule has 1 fully saturated rings. The minimum atomic E-state index is -2.98. The second kappa shape index (κ2) is 5.17. The third kappa shape index (κ3) is 2.34. The number of sulfone groups is 1. The Morgan fingerprint density at radius 3 is 2.58 bits per heavy atom. The van der Waals surface area contributed by atoms with E-state index in [0.29, 0.717) is 23.9 Å². The molecule has 1 aromatic carbocycles. The Morgan fingerprint density at radius 2 is 1.92 bits per heavy atom. The Balaban J connectivity index is 1.78. The highest BCUT2D eigenvalue weighted by molar-refractivity contribution is 7.91. The van der Waals surface area contributed by atoms with Crippen LogP contribution in [0.5, 0.6) is 0 Å². The van der Waals surface area contributed by atoms with Crippen molar-refractivity contribution in [1.82, 2.24) is 10.1 Å². The highest BCUT2D eigenvalue weighted by Gasteiger charge is 2.33. The first kappa shape index (κ1) is 15.4. The Labute approximate surface area is 139 Å². The quantitative estimate of drug-likeness (QED) is 0.707. The maximum atomic E-state index is 11.6. The van der Waals surface area contributed by atoms with Crippen LogP contribution >= 0.6 is 0 Å². The first-order valence-corrected chi connectivity index (χ1v) is 9.71. The standard InChI is InChI=1S/C17H18N2O4S/c1-9-4-5-10(2)14-13(9)11(3)15(22-14)17-18-16(19-23-17)12-6-7-24(20,21)8-12/h4-5,12H,6-8H2,1-3H3. The van der Waals surface area contributed by atoms with E-state index in [1.807, 2.05) is 26.8 Å². The molecule has 2 aromatic heterocycles.